The number of hydrogen-bond acceptors (Lipinski definition) is 2. The minimum Gasteiger partial charge on any atom is -0.394 e. The zero-order valence-corrected chi connectivity index (χ0v) is 10.7. The summed E-state index contributed by atoms with van der Waals surface area (Å²) in [5.41, 5.74) is 1.29. The van der Waals surface area contributed by atoms with Crippen LogP contribution in [0.15, 0.2) is 54.6 Å². The van der Waals surface area contributed by atoms with Crippen LogP contribution >= 0.6 is 0 Å². The average Bonchev–Trinajstić information content (AvgIpc) is 2.48. The van der Waals surface area contributed by atoms with E-state index < -0.39 is 12.1 Å². The van der Waals surface area contributed by atoms with Gasteiger partial charge in [-0.1, -0.05) is 30.3 Å². The van der Waals surface area contributed by atoms with E-state index >= 15 is 0 Å². The first-order valence-corrected chi connectivity index (χ1v) is 6.18. The van der Waals surface area contributed by atoms with Gasteiger partial charge in [-0.05, 0) is 29.8 Å². The van der Waals surface area contributed by atoms with Gasteiger partial charge >= 0.3 is 6.03 Å². The Hall–Kier alpha value is -2.40. The Bertz CT molecular complexity index is 558. The fraction of sp³-hybridized carbons (Fsp3) is 0.133. The number of urea groups is 1. The van der Waals surface area contributed by atoms with E-state index in [1.54, 1.807) is 0 Å². The number of aliphatic hydroxyl groups is 1. The van der Waals surface area contributed by atoms with Crippen LogP contribution in [0.2, 0.25) is 0 Å². The van der Waals surface area contributed by atoms with Crippen molar-refractivity contribution in [1.82, 2.24) is 5.32 Å². The second-order valence-electron chi connectivity index (χ2n) is 4.25. The molecule has 0 aromatic heterocycles. The SMILES string of the molecule is O=C(Nc1ccc(F)cc1)N[C@@H](CO)c1ccccc1. The molecule has 0 radical (unpaired) electrons. The second-order valence-corrected chi connectivity index (χ2v) is 4.25. The molecule has 0 saturated carbocycles. The molecule has 0 spiro atoms. The zero-order valence-electron chi connectivity index (χ0n) is 10.7. The molecule has 5 heteroatoms. The van der Waals surface area contributed by atoms with Crippen LogP contribution in [0.25, 0.3) is 0 Å². The normalized spacial score (nSPS) is 11.7. The molecule has 2 amide bonds. The van der Waals surface area contributed by atoms with Crippen molar-refractivity contribution in [3.05, 3.63) is 66.0 Å². The van der Waals surface area contributed by atoms with Crippen LogP contribution in [0.4, 0.5) is 14.9 Å². The van der Waals surface area contributed by atoms with Gasteiger partial charge < -0.3 is 15.7 Å². The van der Waals surface area contributed by atoms with Crippen LogP contribution in [-0.4, -0.2) is 17.7 Å². The van der Waals surface area contributed by atoms with Gasteiger partial charge in [0, 0.05) is 5.69 Å². The van der Waals surface area contributed by atoms with Crippen LogP contribution in [0.3, 0.4) is 0 Å². The van der Waals surface area contributed by atoms with E-state index in [2.05, 4.69) is 10.6 Å². The molecule has 104 valence electrons. The largest absolute Gasteiger partial charge is 0.394 e. The molecule has 0 saturated heterocycles. The number of halogens is 1. The molecule has 4 nitrogen and oxygen atoms in total. The summed E-state index contributed by atoms with van der Waals surface area (Å²) in [4.78, 5) is 11.8. The smallest absolute Gasteiger partial charge is 0.319 e. The third-order valence-corrected chi connectivity index (χ3v) is 2.79. The monoisotopic (exact) mass is 274 g/mol. The summed E-state index contributed by atoms with van der Waals surface area (Å²) in [6.45, 7) is -0.207. The van der Waals surface area contributed by atoms with Gasteiger partial charge in [-0.3, -0.25) is 0 Å². The van der Waals surface area contributed by atoms with Gasteiger partial charge in [0.15, 0.2) is 0 Å². The molecule has 0 bridgehead atoms. The third kappa shape index (κ3) is 3.80. The number of amides is 2. The molecule has 2 rings (SSSR count). The predicted molar refractivity (Wildman–Crippen MR) is 74.8 cm³/mol. The molecule has 0 fully saturated rings. The van der Waals surface area contributed by atoms with Gasteiger partial charge in [-0.2, -0.15) is 0 Å². The summed E-state index contributed by atoms with van der Waals surface area (Å²) in [5, 5.41) is 14.6. The summed E-state index contributed by atoms with van der Waals surface area (Å²) in [7, 11) is 0. The van der Waals surface area contributed by atoms with Crippen molar-refractivity contribution >= 4 is 11.7 Å². The molecule has 20 heavy (non-hydrogen) atoms. The molecule has 0 aliphatic heterocycles. The lowest BCUT2D eigenvalue weighted by molar-refractivity contribution is 0.225. The van der Waals surface area contributed by atoms with Gasteiger partial charge in [0.05, 0.1) is 12.6 Å². The van der Waals surface area contributed by atoms with Crippen LogP contribution in [0.1, 0.15) is 11.6 Å². The maximum Gasteiger partial charge on any atom is 0.319 e. The molecule has 3 N–H and O–H groups in total. The Balaban J connectivity index is 1.97. The summed E-state index contributed by atoms with van der Waals surface area (Å²) >= 11 is 0. The van der Waals surface area contributed by atoms with E-state index in [9.17, 15) is 14.3 Å². The Kier molecular flexibility index (Phi) is 4.68. The first kappa shape index (κ1) is 14.0. The molecular formula is C15H15FN2O2. The highest BCUT2D eigenvalue weighted by Gasteiger charge is 2.13. The Morgan fingerprint density at radius 3 is 2.35 bits per heavy atom. The highest BCUT2D eigenvalue weighted by molar-refractivity contribution is 5.89. The zero-order chi connectivity index (χ0) is 14.4. The fourth-order valence-corrected chi connectivity index (χ4v) is 1.78. The minimum atomic E-state index is -0.489. The number of hydrogen-bond donors (Lipinski definition) is 3. The number of nitrogens with one attached hydrogen (secondary N) is 2. The lowest BCUT2D eigenvalue weighted by Gasteiger charge is -2.17. The Morgan fingerprint density at radius 2 is 1.75 bits per heavy atom. The fourth-order valence-electron chi connectivity index (χ4n) is 1.78. The average molecular weight is 274 g/mol. The molecule has 0 aliphatic rings. The van der Waals surface area contributed by atoms with E-state index in [0.29, 0.717) is 5.69 Å². The molecular weight excluding hydrogens is 259 g/mol. The Labute approximate surface area is 116 Å². The highest BCUT2D eigenvalue weighted by Crippen LogP contribution is 2.13. The van der Waals surface area contributed by atoms with Gasteiger partial charge in [-0.25, -0.2) is 9.18 Å². The quantitative estimate of drug-likeness (QED) is 0.802. The van der Waals surface area contributed by atoms with Crippen molar-refractivity contribution in [3.8, 4) is 0 Å². The van der Waals surface area contributed by atoms with Crippen molar-refractivity contribution < 1.29 is 14.3 Å². The molecule has 0 unspecified atom stereocenters. The second kappa shape index (κ2) is 6.68. The van der Waals surface area contributed by atoms with Crippen molar-refractivity contribution in [1.29, 1.82) is 0 Å². The summed E-state index contributed by atoms with van der Waals surface area (Å²) in [6.07, 6.45) is 0. The predicted octanol–water partition coefficient (Wildman–Crippen LogP) is 2.68. The lowest BCUT2D eigenvalue weighted by atomic mass is 10.1. The van der Waals surface area contributed by atoms with Crippen molar-refractivity contribution in [3.63, 3.8) is 0 Å². The number of aliphatic hydroxyl groups excluding tert-OH is 1. The topological polar surface area (TPSA) is 61.4 Å². The number of carbonyl (C=O) groups is 1. The lowest BCUT2D eigenvalue weighted by Crippen LogP contribution is -2.34. The third-order valence-electron chi connectivity index (χ3n) is 2.79. The summed E-state index contributed by atoms with van der Waals surface area (Å²) in [6, 6.07) is 13.7. The minimum absolute atomic E-state index is 0.207. The van der Waals surface area contributed by atoms with Crippen LogP contribution < -0.4 is 10.6 Å². The van der Waals surface area contributed by atoms with E-state index in [1.807, 2.05) is 30.3 Å². The molecule has 0 heterocycles. The van der Waals surface area contributed by atoms with Gasteiger partial charge in [0.2, 0.25) is 0 Å². The maximum absolute atomic E-state index is 12.7. The maximum atomic E-state index is 12.7. The number of carbonyl (C=O) groups excluding carboxylic acids is 1. The van der Waals surface area contributed by atoms with Crippen LogP contribution in [0, 0.1) is 5.82 Å². The summed E-state index contributed by atoms with van der Waals surface area (Å²) < 4.78 is 12.7. The highest BCUT2D eigenvalue weighted by atomic mass is 19.1. The number of benzene rings is 2. The van der Waals surface area contributed by atoms with Crippen LogP contribution in [-0.2, 0) is 0 Å². The molecule has 1 atom stereocenters. The Morgan fingerprint density at radius 1 is 1.10 bits per heavy atom. The standard InChI is InChI=1S/C15H15FN2O2/c16-12-6-8-13(9-7-12)17-15(20)18-14(10-19)11-4-2-1-3-5-11/h1-9,14,19H,10H2,(H2,17,18,20)/t14-/m0/s1. The van der Waals surface area contributed by atoms with Crippen LogP contribution in [0.5, 0.6) is 0 Å². The molecule has 2 aromatic carbocycles. The van der Waals surface area contributed by atoms with Crippen molar-refractivity contribution in [2.45, 2.75) is 6.04 Å². The number of anilines is 1. The molecule has 0 aliphatic carbocycles. The van der Waals surface area contributed by atoms with E-state index in [0.717, 1.165) is 5.56 Å². The first-order chi connectivity index (χ1) is 9.69. The van der Waals surface area contributed by atoms with E-state index in [-0.39, 0.29) is 12.4 Å². The van der Waals surface area contributed by atoms with Crippen molar-refractivity contribution in [2.24, 2.45) is 0 Å². The molecule has 2 aromatic rings. The van der Waals surface area contributed by atoms with Crippen molar-refractivity contribution in [2.75, 3.05) is 11.9 Å². The summed E-state index contributed by atoms with van der Waals surface area (Å²) in [5.74, 6) is -0.367. The van der Waals surface area contributed by atoms with Gasteiger partial charge in [0.25, 0.3) is 0 Å². The van der Waals surface area contributed by atoms with E-state index in [1.165, 1.54) is 24.3 Å². The van der Waals surface area contributed by atoms with Gasteiger partial charge in [0.1, 0.15) is 5.82 Å². The van der Waals surface area contributed by atoms with Gasteiger partial charge in [-0.15, -0.1) is 0 Å². The first-order valence-electron chi connectivity index (χ1n) is 6.18. The number of rotatable bonds is 4. The van der Waals surface area contributed by atoms with E-state index in [4.69, 9.17) is 0 Å².